The van der Waals surface area contributed by atoms with Gasteiger partial charge in [-0.25, -0.2) is 0 Å². The quantitative estimate of drug-likeness (QED) is 0.454. The van der Waals surface area contributed by atoms with E-state index in [9.17, 15) is 0 Å². The summed E-state index contributed by atoms with van der Waals surface area (Å²) in [7, 11) is 0. The minimum atomic E-state index is -1.02. The monoisotopic (exact) mass is 404 g/mol. The molecule has 0 atom stereocenters. The van der Waals surface area contributed by atoms with E-state index in [0.29, 0.717) is 0 Å². The molecule has 0 spiro atoms. The molecule has 3 rings (SSSR count). The Morgan fingerprint density at radius 1 is 0.692 bits per heavy atom. The van der Waals surface area contributed by atoms with Gasteiger partial charge in [-0.1, -0.05) is 0 Å². The molecule has 0 unspecified atom stereocenters. The number of fused-ring (bicyclic) bond motifs is 2. The second-order valence-electron chi connectivity index (χ2n) is 9.17. The molecule has 1 aliphatic heterocycles. The van der Waals surface area contributed by atoms with Gasteiger partial charge >= 0.3 is 172 Å². The number of hydrogen-bond donors (Lipinski definition) is 0. The van der Waals surface area contributed by atoms with Gasteiger partial charge in [0.15, 0.2) is 0 Å². The Morgan fingerprint density at radius 2 is 1.08 bits per heavy atom. The van der Waals surface area contributed by atoms with Gasteiger partial charge in [0.05, 0.1) is 0 Å². The molecule has 0 aliphatic carbocycles. The number of benzene rings is 2. The third-order valence-electron chi connectivity index (χ3n) is 4.52. The van der Waals surface area contributed by atoms with Crippen molar-refractivity contribution in [1.29, 1.82) is 0 Å². The van der Waals surface area contributed by atoms with Gasteiger partial charge in [0.25, 0.3) is 0 Å². The SMILES string of the molecule is Cc1cc2c(c(C(C)(C)C)c1)[O][Ti][O]c1c(cc(C)cc1C(C)(C)C)S2. The van der Waals surface area contributed by atoms with Crippen LogP contribution in [0.15, 0.2) is 34.1 Å². The second kappa shape index (κ2) is 6.93. The molecule has 0 radical (unpaired) electrons. The van der Waals surface area contributed by atoms with Crippen LogP contribution >= 0.6 is 11.8 Å². The van der Waals surface area contributed by atoms with Crippen molar-refractivity contribution in [2.75, 3.05) is 0 Å². The van der Waals surface area contributed by atoms with Crippen molar-refractivity contribution in [3.8, 4) is 11.5 Å². The van der Waals surface area contributed by atoms with Crippen LogP contribution in [0.1, 0.15) is 63.8 Å². The molecule has 0 N–H and O–H groups in total. The van der Waals surface area contributed by atoms with Crippen LogP contribution < -0.4 is 6.64 Å². The number of aryl methyl sites for hydroxylation is 2. The summed E-state index contributed by atoms with van der Waals surface area (Å²) in [6, 6.07) is 9.00. The molecule has 0 aromatic heterocycles. The molecule has 4 heteroatoms. The molecule has 0 saturated heterocycles. The molecule has 0 amide bonds. The summed E-state index contributed by atoms with van der Waals surface area (Å²) in [5.74, 6) is 2.02. The summed E-state index contributed by atoms with van der Waals surface area (Å²) in [6.07, 6.45) is 0. The molecule has 0 fully saturated rings. The maximum absolute atomic E-state index is 6.28. The first-order valence-electron chi connectivity index (χ1n) is 9.03. The zero-order valence-corrected chi connectivity index (χ0v) is 19.4. The van der Waals surface area contributed by atoms with E-state index in [4.69, 9.17) is 6.64 Å². The molecular formula is C22H28O2STi. The van der Waals surface area contributed by atoms with Crippen LogP contribution in [0.3, 0.4) is 0 Å². The zero-order valence-electron chi connectivity index (χ0n) is 17.0. The molecule has 2 nitrogen and oxygen atoms in total. The van der Waals surface area contributed by atoms with E-state index in [1.54, 1.807) is 11.8 Å². The van der Waals surface area contributed by atoms with E-state index in [2.05, 4.69) is 79.7 Å². The van der Waals surface area contributed by atoms with Crippen LogP contribution in [-0.2, 0) is 30.8 Å². The van der Waals surface area contributed by atoms with Gasteiger partial charge in [-0.3, -0.25) is 0 Å². The minimum absolute atomic E-state index is 0.0357. The fourth-order valence-electron chi connectivity index (χ4n) is 3.18. The summed E-state index contributed by atoms with van der Waals surface area (Å²) < 4.78 is 12.6. The fraction of sp³-hybridized carbons (Fsp3) is 0.455. The van der Waals surface area contributed by atoms with Gasteiger partial charge in [-0.2, -0.15) is 0 Å². The summed E-state index contributed by atoms with van der Waals surface area (Å²) in [5, 5.41) is 0. The third kappa shape index (κ3) is 4.00. The van der Waals surface area contributed by atoms with Crippen LogP contribution in [0, 0.1) is 13.8 Å². The van der Waals surface area contributed by atoms with Crippen molar-refractivity contribution in [3.63, 3.8) is 0 Å². The number of hydrogen-bond acceptors (Lipinski definition) is 3. The predicted octanol–water partition coefficient (Wildman–Crippen LogP) is 6.73. The van der Waals surface area contributed by atoms with Crippen LogP contribution in [-0.4, -0.2) is 0 Å². The Balaban J connectivity index is 2.20. The van der Waals surface area contributed by atoms with Gasteiger partial charge in [-0.15, -0.1) is 0 Å². The Hall–Kier alpha value is -0.896. The Bertz CT molecular complexity index is 775. The molecule has 0 bridgehead atoms. The molecule has 0 saturated carbocycles. The van der Waals surface area contributed by atoms with Gasteiger partial charge in [0.1, 0.15) is 0 Å². The predicted molar refractivity (Wildman–Crippen MR) is 105 cm³/mol. The fourth-order valence-corrected chi connectivity index (χ4v) is 5.64. The Kier molecular flexibility index (Phi) is 5.29. The molecular weight excluding hydrogens is 376 g/mol. The summed E-state index contributed by atoms with van der Waals surface area (Å²) in [6.45, 7) is 17.8. The van der Waals surface area contributed by atoms with Crippen LogP contribution in [0.4, 0.5) is 0 Å². The first-order chi connectivity index (χ1) is 12.0. The topological polar surface area (TPSA) is 18.5 Å². The molecule has 1 heterocycles. The van der Waals surface area contributed by atoms with Crippen LogP contribution in [0.5, 0.6) is 11.5 Å². The molecule has 2 aromatic carbocycles. The Morgan fingerprint density at radius 3 is 1.42 bits per heavy atom. The van der Waals surface area contributed by atoms with E-state index < -0.39 is 19.9 Å². The normalized spacial score (nSPS) is 14.2. The van der Waals surface area contributed by atoms with Crippen molar-refractivity contribution in [2.24, 2.45) is 0 Å². The van der Waals surface area contributed by atoms with E-state index in [0.717, 1.165) is 11.5 Å². The van der Waals surface area contributed by atoms with Crippen molar-refractivity contribution < 1.29 is 26.6 Å². The van der Waals surface area contributed by atoms with Crippen molar-refractivity contribution in [1.82, 2.24) is 0 Å². The number of rotatable bonds is 0. The molecule has 26 heavy (non-hydrogen) atoms. The standard InChI is InChI=1S/C22H30O2S.Ti/c1-13-9-15(21(3,4)5)19(23)17(11-13)25-18-12-14(2)10-16(20(18)24)22(6,7)8;/h9-12,23-24H,1-8H3;/q;+2/p-2. The molecule has 138 valence electrons. The first-order valence-corrected chi connectivity index (χ1v) is 11.1. The maximum atomic E-state index is 6.28. The van der Waals surface area contributed by atoms with E-state index >= 15 is 0 Å². The summed E-state index contributed by atoms with van der Waals surface area (Å²) in [5.41, 5.74) is 5.15. The van der Waals surface area contributed by atoms with Gasteiger partial charge in [-0.05, 0) is 0 Å². The second-order valence-corrected chi connectivity index (χ2v) is 11.2. The van der Waals surface area contributed by atoms with Gasteiger partial charge < -0.3 is 0 Å². The third-order valence-corrected chi connectivity index (χ3v) is 6.47. The van der Waals surface area contributed by atoms with Crippen LogP contribution in [0.2, 0.25) is 0 Å². The first kappa shape index (κ1) is 19.9. The molecule has 1 aliphatic rings. The summed E-state index contributed by atoms with van der Waals surface area (Å²) in [4.78, 5) is 2.40. The molecule has 2 aromatic rings. The average molecular weight is 404 g/mol. The van der Waals surface area contributed by atoms with Gasteiger partial charge in [0, 0.05) is 0 Å². The van der Waals surface area contributed by atoms with Crippen molar-refractivity contribution in [2.45, 2.75) is 76.0 Å². The van der Waals surface area contributed by atoms with Crippen molar-refractivity contribution >= 4 is 11.8 Å². The van der Waals surface area contributed by atoms with Crippen LogP contribution in [0.25, 0.3) is 0 Å². The summed E-state index contributed by atoms with van der Waals surface area (Å²) >= 11 is 0.753. The van der Waals surface area contributed by atoms with E-state index in [1.165, 1.54) is 32.0 Å². The van der Waals surface area contributed by atoms with Crippen molar-refractivity contribution in [3.05, 3.63) is 46.5 Å². The van der Waals surface area contributed by atoms with Gasteiger partial charge in [0.2, 0.25) is 0 Å². The Labute approximate surface area is 171 Å². The van der Waals surface area contributed by atoms with E-state index in [1.807, 2.05) is 0 Å². The zero-order chi connectivity index (χ0) is 19.3. The average Bonchev–Trinajstić information content (AvgIpc) is 2.46. The van der Waals surface area contributed by atoms with E-state index in [-0.39, 0.29) is 10.8 Å².